The van der Waals surface area contributed by atoms with Crippen molar-refractivity contribution in [2.45, 2.75) is 31.3 Å². The third-order valence-corrected chi connectivity index (χ3v) is 3.64. The van der Waals surface area contributed by atoms with E-state index < -0.39 is 15.4 Å². The van der Waals surface area contributed by atoms with Gasteiger partial charge in [-0.15, -0.1) is 0 Å². The Labute approximate surface area is 85.6 Å². The molecule has 1 atom stereocenters. The highest BCUT2D eigenvalue weighted by atomic mass is 32.2. The molecule has 1 unspecified atom stereocenters. The molecule has 84 valence electrons. The summed E-state index contributed by atoms with van der Waals surface area (Å²) in [6, 6.07) is 0. The molecule has 5 heteroatoms. The number of nitrogens with one attached hydrogen (secondary N) is 1. The number of piperidine rings is 1. The van der Waals surface area contributed by atoms with Crippen LogP contribution in [0, 0.1) is 0 Å². The van der Waals surface area contributed by atoms with Gasteiger partial charge in [-0.2, -0.15) is 0 Å². The van der Waals surface area contributed by atoms with Crippen LogP contribution in [0.1, 0.15) is 25.7 Å². The van der Waals surface area contributed by atoms with Crippen LogP contribution in [0.5, 0.6) is 0 Å². The maximum absolute atomic E-state index is 10.9. The Morgan fingerprint density at radius 2 is 2.21 bits per heavy atom. The Hall–Kier alpha value is -0.130. The summed E-state index contributed by atoms with van der Waals surface area (Å²) in [5, 5.41) is 13.1. The van der Waals surface area contributed by atoms with Crippen molar-refractivity contribution >= 4 is 9.84 Å². The highest BCUT2D eigenvalue weighted by Crippen LogP contribution is 2.21. The van der Waals surface area contributed by atoms with Gasteiger partial charge in [0.05, 0.1) is 5.60 Å². The van der Waals surface area contributed by atoms with E-state index in [9.17, 15) is 13.5 Å². The van der Waals surface area contributed by atoms with Crippen molar-refractivity contribution in [3.63, 3.8) is 0 Å². The number of sulfone groups is 1. The van der Waals surface area contributed by atoms with E-state index in [4.69, 9.17) is 0 Å². The maximum Gasteiger partial charge on any atom is 0.147 e. The molecular weight excluding hydrogens is 202 g/mol. The van der Waals surface area contributed by atoms with Crippen LogP contribution < -0.4 is 5.32 Å². The third-order valence-electron chi connectivity index (χ3n) is 2.61. The van der Waals surface area contributed by atoms with E-state index in [-0.39, 0.29) is 5.75 Å². The molecule has 0 bridgehead atoms. The summed E-state index contributed by atoms with van der Waals surface area (Å²) >= 11 is 0. The minimum atomic E-state index is -2.88. The molecular formula is C9H19NO3S. The number of β-amino-alcohol motifs (C(OH)–C–C–N with tert-alkyl or cyclic N) is 1. The smallest absolute Gasteiger partial charge is 0.147 e. The molecule has 0 aromatic carbocycles. The molecule has 1 fully saturated rings. The standard InChI is InChI=1S/C9H19NO3S/c1-14(12,13)7-3-5-9(11)4-2-6-10-8-9/h10-11H,2-8H2,1H3. The minimum absolute atomic E-state index is 0.176. The Kier molecular flexibility index (Phi) is 3.92. The summed E-state index contributed by atoms with van der Waals surface area (Å²) in [5.74, 6) is 0.176. The molecule has 1 heterocycles. The quantitative estimate of drug-likeness (QED) is 0.697. The molecule has 0 saturated carbocycles. The predicted octanol–water partition coefficient (Wildman–Crippen LogP) is -0.0743. The second-order valence-corrected chi connectivity index (χ2v) is 6.50. The average Bonchev–Trinajstić information content (AvgIpc) is 2.02. The van der Waals surface area contributed by atoms with Crippen LogP contribution in [0.15, 0.2) is 0 Å². The van der Waals surface area contributed by atoms with E-state index in [1.165, 1.54) is 6.26 Å². The Morgan fingerprint density at radius 3 is 2.71 bits per heavy atom. The van der Waals surface area contributed by atoms with Crippen molar-refractivity contribution in [3.8, 4) is 0 Å². The van der Waals surface area contributed by atoms with E-state index in [0.717, 1.165) is 19.4 Å². The van der Waals surface area contributed by atoms with E-state index in [1.54, 1.807) is 0 Å². The maximum atomic E-state index is 10.9. The summed E-state index contributed by atoms with van der Waals surface area (Å²) in [6.07, 6.45) is 4.11. The van der Waals surface area contributed by atoms with Gasteiger partial charge in [-0.3, -0.25) is 0 Å². The molecule has 14 heavy (non-hydrogen) atoms. The largest absolute Gasteiger partial charge is 0.389 e. The lowest BCUT2D eigenvalue weighted by atomic mass is 9.90. The molecule has 1 saturated heterocycles. The van der Waals surface area contributed by atoms with Gasteiger partial charge in [-0.1, -0.05) is 0 Å². The zero-order valence-corrected chi connectivity index (χ0v) is 9.44. The fraction of sp³-hybridized carbons (Fsp3) is 1.00. The molecule has 4 nitrogen and oxygen atoms in total. The Balaban J connectivity index is 2.29. The van der Waals surface area contributed by atoms with E-state index >= 15 is 0 Å². The number of aliphatic hydroxyl groups is 1. The van der Waals surface area contributed by atoms with E-state index in [1.807, 2.05) is 0 Å². The van der Waals surface area contributed by atoms with Crippen molar-refractivity contribution < 1.29 is 13.5 Å². The van der Waals surface area contributed by atoms with Gasteiger partial charge in [0.1, 0.15) is 9.84 Å². The molecule has 1 aliphatic rings. The molecule has 0 aliphatic carbocycles. The zero-order chi connectivity index (χ0) is 10.7. The summed E-state index contributed by atoms with van der Waals surface area (Å²) in [7, 11) is -2.88. The lowest BCUT2D eigenvalue weighted by Gasteiger charge is -2.32. The lowest BCUT2D eigenvalue weighted by molar-refractivity contribution is 0.00819. The first kappa shape index (κ1) is 11.9. The number of hydrogen-bond donors (Lipinski definition) is 2. The zero-order valence-electron chi connectivity index (χ0n) is 8.62. The second kappa shape index (κ2) is 4.59. The normalized spacial score (nSPS) is 29.0. The first-order valence-corrected chi connectivity index (χ1v) is 7.08. The molecule has 1 rings (SSSR count). The minimum Gasteiger partial charge on any atom is -0.389 e. The van der Waals surface area contributed by atoms with Crippen LogP contribution in [0.2, 0.25) is 0 Å². The number of hydrogen-bond acceptors (Lipinski definition) is 4. The van der Waals surface area contributed by atoms with Crippen molar-refractivity contribution in [1.82, 2.24) is 5.32 Å². The van der Waals surface area contributed by atoms with Crippen LogP contribution >= 0.6 is 0 Å². The monoisotopic (exact) mass is 221 g/mol. The fourth-order valence-corrected chi connectivity index (χ4v) is 2.50. The molecule has 0 spiro atoms. The van der Waals surface area contributed by atoms with Crippen LogP contribution in [-0.2, 0) is 9.84 Å². The van der Waals surface area contributed by atoms with Gasteiger partial charge in [0, 0.05) is 18.6 Å². The highest BCUT2D eigenvalue weighted by molar-refractivity contribution is 7.90. The van der Waals surface area contributed by atoms with Gasteiger partial charge in [0.25, 0.3) is 0 Å². The Bertz CT molecular complexity index is 268. The van der Waals surface area contributed by atoms with Crippen molar-refractivity contribution in [2.24, 2.45) is 0 Å². The van der Waals surface area contributed by atoms with Crippen molar-refractivity contribution in [3.05, 3.63) is 0 Å². The second-order valence-electron chi connectivity index (χ2n) is 4.24. The van der Waals surface area contributed by atoms with Gasteiger partial charge in [0.15, 0.2) is 0 Å². The number of rotatable bonds is 4. The van der Waals surface area contributed by atoms with Gasteiger partial charge in [-0.25, -0.2) is 8.42 Å². The van der Waals surface area contributed by atoms with Crippen LogP contribution in [0.25, 0.3) is 0 Å². The molecule has 1 aliphatic heterocycles. The van der Waals surface area contributed by atoms with Gasteiger partial charge < -0.3 is 10.4 Å². The van der Waals surface area contributed by atoms with Crippen LogP contribution in [-0.4, -0.2) is 44.2 Å². The SMILES string of the molecule is CS(=O)(=O)CCCC1(O)CCCNC1. The summed E-state index contributed by atoms with van der Waals surface area (Å²) in [6.45, 7) is 1.55. The lowest BCUT2D eigenvalue weighted by Crippen LogP contribution is -2.45. The van der Waals surface area contributed by atoms with Gasteiger partial charge in [-0.05, 0) is 32.2 Å². The van der Waals surface area contributed by atoms with E-state index in [0.29, 0.717) is 19.4 Å². The highest BCUT2D eigenvalue weighted by Gasteiger charge is 2.28. The third kappa shape index (κ3) is 4.39. The first-order valence-electron chi connectivity index (χ1n) is 5.02. The molecule has 0 amide bonds. The predicted molar refractivity (Wildman–Crippen MR) is 56.0 cm³/mol. The molecule has 0 radical (unpaired) electrons. The summed E-state index contributed by atoms with van der Waals surface area (Å²) < 4.78 is 21.8. The van der Waals surface area contributed by atoms with Gasteiger partial charge >= 0.3 is 0 Å². The van der Waals surface area contributed by atoms with Crippen LogP contribution in [0.4, 0.5) is 0 Å². The first-order chi connectivity index (χ1) is 6.41. The topological polar surface area (TPSA) is 66.4 Å². The average molecular weight is 221 g/mol. The van der Waals surface area contributed by atoms with Crippen LogP contribution in [0.3, 0.4) is 0 Å². The molecule has 0 aromatic heterocycles. The summed E-state index contributed by atoms with van der Waals surface area (Å²) in [5.41, 5.74) is -0.678. The van der Waals surface area contributed by atoms with Crippen molar-refractivity contribution in [1.29, 1.82) is 0 Å². The Morgan fingerprint density at radius 1 is 1.50 bits per heavy atom. The summed E-state index contributed by atoms with van der Waals surface area (Å²) in [4.78, 5) is 0. The molecule has 2 N–H and O–H groups in total. The fourth-order valence-electron chi connectivity index (χ4n) is 1.83. The van der Waals surface area contributed by atoms with Crippen molar-refractivity contribution in [2.75, 3.05) is 25.1 Å². The molecule has 0 aromatic rings. The van der Waals surface area contributed by atoms with Gasteiger partial charge in [0.2, 0.25) is 0 Å². The van der Waals surface area contributed by atoms with E-state index in [2.05, 4.69) is 5.32 Å².